The minimum Gasteiger partial charge on any atom is -0.468 e. The van der Waals surface area contributed by atoms with Crippen molar-refractivity contribution in [3.8, 4) is 0 Å². The molecule has 1 rings (SSSR count). The van der Waals surface area contributed by atoms with Crippen molar-refractivity contribution in [2.45, 2.75) is 58.0 Å². The van der Waals surface area contributed by atoms with Crippen LogP contribution in [-0.4, -0.2) is 50.2 Å². The molecule has 0 radical (unpaired) electrons. The Labute approximate surface area is 117 Å². The van der Waals surface area contributed by atoms with Gasteiger partial charge in [-0.2, -0.15) is 0 Å². The minimum absolute atomic E-state index is 0.121. The summed E-state index contributed by atoms with van der Waals surface area (Å²) in [7, 11) is 5.51. The lowest BCUT2D eigenvalue weighted by atomic mass is 9.78. The van der Waals surface area contributed by atoms with Gasteiger partial charge in [0.25, 0.3) is 0 Å². The zero-order chi connectivity index (χ0) is 14.7. The molecule has 1 aliphatic carbocycles. The number of likely N-dealkylation sites (N-methyl/N-ethyl adjacent to an activating group) is 1. The van der Waals surface area contributed by atoms with Crippen molar-refractivity contribution in [1.82, 2.24) is 10.2 Å². The van der Waals surface area contributed by atoms with Crippen LogP contribution in [0.5, 0.6) is 0 Å². The Morgan fingerprint density at radius 3 is 2.58 bits per heavy atom. The van der Waals surface area contributed by atoms with Crippen LogP contribution in [0.1, 0.15) is 46.5 Å². The Kier molecular flexibility index (Phi) is 5.39. The minimum atomic E-state index is -0.496. The first-order valence-electron chi connectivity index (χ1n) is 7.22. The number of hydrogen-bond acceptors (Lipinski definition) is 4. The number of rotatable bonds is 4. The van der Waals surface area contributed by atoms with Crippen LogP contribution < -0.4 is 5.32 Å². The van der Waals surface area contributed by atoms with Crippen LogP contribution in [0.15, 0.2) is 0 Å². The number of methoxy groups -OCH3 is 1. The van der Waals surface area contributed by atoms with Crippen LogP contribution in [0.2, 0.25) is 0 Å². The maximum absolute atomic E-state index is 12.1. The summed E-state index contributed by atoms with van der Waals surface area (Å²) in [4.78, 5) is 14.5. The molecule has 4 nitrogen and oxygen atoms in total. The SMILES string of the molecule is CNC1(C(=O)OC)CCCC(N(C)CC(C)(C)C)C1. The predicted molar refractivity (Wildman–Crippen MR) is 78.1 cm³/mol. The first kappa shape index (κ1) is 16.4. The van der Waals surface area contributed by atoms with Crippen LogP contribution in [0.25, 0.3) is 0 Å². The molecule has 0 aromatic carbocycles. The van der Waals surface area contributed by atoms with Gasteiger partial charge in [-0.3, -0.25) is 4.79 Å². The van der Waals surface area contributed by atoms with E-state index >= 15 is 0 Å². The number of esters is 1. The van der Waals surface area contributed by atoms with Crippen LogP contribution in [0, 0.1) is 5.41 Å². The van der Waals surface area contributed by atoms with Crippen LogP contribution >= 0.6 is 0 Å². The fourth-order valence-corrected chi connectivity index (χ4v) is 3.21. The summed E-state index contributed by atoms with van der Waals surface area (Å²) in [6, 6.07) is 0.444. The van der Waals surface area contributed by atoms with Crippen molar-refractivity contribution in [3.63, 3.8) is 0 Å². The number of ether oxygens (including phenoxy) is 1. The molecule has 112 valence electrons. The maximum Gasteiger partial charge on any atom is 0.326 e. The van der Waals surface area contributed by atoms with Gasteiger partial charge >= 0.3 is 5.97 Å². The lowest BCUT2D eigenvalue weighted by Gasteiger charge is -2.43. The Bertz CT molecular complexity index is 312. The highest BCUT2D eigenvalue weighted by molar-refractivity contribution is 5.81. The summed E-state index contributed by atoms with van der Waals surface area (Å²) in [5, 5.41) is 3.21. The molecule has 19 heavy (non-hydrogen) atoms. The second-order valence-electron chi connectivity index (χ2n) is 7.05. The van der Waals surface area contributed by atoms with E-state index in [1.807, 2.05) is 7.05 Å². The highest BCUT2D eigenvalue weighted by Gasteiger charge is 2.43. The molecule has 0 bridgehead atoms. The largest absolute Gasteiger partial charge is 0.468 e. The van der Waals surface area contributed by atoms with Gasteiger partial charge in [-0.1, -0.05) is 20.8 Å². The molecule has 1 N–H and O–H groups in total. The molecular weight excluding hydrogens is 240 g/mol. The predicted octanol–water partition coefficient (Wildman–Crippen LogP) is 2.04. The first-order valence-corrected chi connectivity index (χ1v) is 7.22. The van der Waals surface area contributed by atoms with Crippen LogP contribution in [-0.2, 0) is 9.53 Å². The van der Waals surface area contributed by atoms with Gasteiger partial charge in [0.1, 0.15) is 5.54 Å². The average Bonchev–Trinajstić information content (AvgIpc) is 2.35. The van der Waals surface area contributed by atoms with Gasteiger partial charge in [0, 0.05) is 12.6 Å². The first-order chi connectivity index (χ1) is 8.74. The summed E-state index contributed by atoms with van der Waals surface area (Å²) in [6.45, 7) is 7.78. The van der Waals surface area contributed by atoms with Gasteiger partial charge in [-0.05, 0) is 45.2 Å². The van der Waals surface area contributed by atoms with E-state index in [-0.39, 0.29) is 11.4 Å². The van der Waals surface area contributed by atoms with E-state index in [0.717, 1.165) is 32.2 Å². The average molecular weight is 270 g/mol. The quantitative estimate of drug-likeness (QED) is 0.794. The number of nitrogens with zero attached hydrogens (tertiary/aromatic N) is 1. The number of nitrogens with one attached hydrogen (secondary N) is 1. The molecule has 0 spiro atoms. The van der Waals surface area contributed by atoms with Gasteiger partial charge in [-0.25, -0.2) is 0 Å². The van der Waals surface area contributed by atoms with Crippen molar-refractivity contribution >= 4 is 5.97 Å². The van der Waals surface area contributed by atoms with E-state index in [1.54, 1.807) is 0 Å². The van der Waals surface area contributed by atoms with Crippen molar-refractivity contribution in [2.75, 3.05) is 27.7 Å². The zero-order valence-corrected chi connectivity index (χ0v) is 13.4. The second-order valence-corrected chi connectivity index (χ2v) is 7.05. The standard InChI is InChI=1S/C15H30N2O2/c1-14(2,3)11-17(5)12-8-7-9-15(10-12,16-4)13(18)19-6/h12,16H,7-11H2,1-6H3. The summed E-state index contributed by atoms with van der Waals surface area (Å²) in [5.41, 5.74) is -0.219. The highest BCUT2D eigenvalue weighted by atomic mass is 16.5. The molecule has 2 unspecified atom stereocenters. The van der Waals surface area contributed by atoms with E-state index in [2.05, 4.69) is 38.0 Å². The van der Waals surface area contributed by atoms with Crippen molar-refractivity contribution in [2.24, 2.45) is 5.41 Å². The van der Waals surface area contributed by atoms with Crippen molar-refractivity contribution < 1.29 is 9.53 Å². The highest BCUT2D eigenvalue weighted by Crippen LogP contribution is 2.32. The monoisotopic (exact) mass is 270 g/mol. The molecule has 2 atom stereocenters. The van der Waals surface area contributed by atoms with E-state index in [1.165, 1.54) is 7.11 Å². The van der Waals surface area contributed by atoms with Gasteiger partial charge in [0.05, 0.1) is 7.11 Å². The molecule has 0 heterocycles. The maximum atomic E-state index is 12.1. The molecule has 4 heteroatoms. The molecule has 0 aliphatic heterocycles. The Balaban J connectivity index is 2.75. The molecule has 1 saturated carbocycles. The van der Waals surface area contributed by atoms with Crippen LogP contribution in [0.4, 0.5) is 0 Å². The van der Waals surface area contributed by atoms with Crippen LogP contribution in [0.3, 0.4) is 0 Å². The molecule has 0 aromatic heterocycles. The van der Waals surface area contributed by atoms with Gasteiger partial charge in [-0.15, -0.1) is 0 Å². The number of hydrogen-bond donors (Lipinski definition) is 1. The molecular formula is C15H30N2O2. The smallest absolute Gasteiger partial charge is 0.326 e. The lowest BCUT2D eigenvalue weighted by Crippen LogP contribution is -2.57. The third-order valence-corrected chi connectivity index (χ3v) is 4.13. The molecule has 1 aliphatic rings. The molecule has 0 saturated heterocycles. The fraction of sp³-hybridized carbons (Fsp3) is 0.933. The number of carbonyl (C=O) groups excluding carboxylic acids is 1. The van der Waals surface area contributed by atoms with E-state index in [4.69, 9.17) is 4.74 Å². The van der Waals surface area contributed by atoms with Gasteiger partial charge < -0.3 is 15.0 Å². The fourth-order valence-electron chi connectivity index (χ4n) is 3.21. The molecule has 1 fully saturated rings. The van der Waals surface area contributed by atoms with Gasteiger partial charge in [0.2, 0.25) is 0 Å². The Morgan fingerprint density at radius 2 is 2.11 bits per heavy atom. The second kappa shape index (κ2) is 6.23. The molecule has 0 amide bonds. The Morgan fingerprint density at radius 1 is 1.47 bits per heavy atom. The summed E-state index contributed by atoms with van der Waals surface area (Å²) >= 11 is 0. The summed E-state index contributed by atoms with van der Waals surface area (Å²) < 4.78 is 4.99. The lowest BCUT2D eigenvalue weighted by molar-refractivity contribution is -0.151. The Hall–Kier alpha value is -0.610. The third-order valence-electron chi connectivity index (χ3n) is 4.13. The number of carbonyl (C=O) groups is 1. The van der Waals surface area contributed by atoms with E-state index < -0.39 is 5.54 Å². The van der Waals surface area contributed by atoms with Gasteiger partial charge in [0.15, 0.2) is 0 Å². The summed E-state index contributed by atoms with van der Waals surface area (Å²) in [6.07, 6.45) is 3.93. The normalized spacial score (nSPS) is 28.5. The van der Waals surface area contributed by atoms with E-state index in [0.29, 0.717) is 6.04 Å². The van der Waals surface area contributed by atoms with Crippen molar-refractivity contribution in [3.05, 3.63) is 0 Å². The summed E-state index contributed by atoms with van der Waals surface area (Å²) in [5.74, 6) is -0.121. The molecule has 0 aromatic rings. The van der Waals surface area contributed by atoms with Crippen molar-refractivity contribution in [1.29, 1.82) is 0 Å². The third kappa shape index (κ3) is 4.18. The topological polar surface area (TPSA) is 41.6 Å². The zero-order valence-electron chi connectivity index (χ0n) is 13.4. The van der Waals surface area contributed by atoms with E-state index in [9.17, 15) is 4.79 Å².